The molecule has 0 saturated carbocycles. The van der Waals surface area contributed by atoms with E-state index in [9.17, 15) is 15.0 Å². The zero-order valence-electron chi connectivity index (χ0n) is 11.8. The van der Waals surface area contributed by atoms with Crippen LogP contribution in [0.5, 0.6) is 0 Å². The first-order valence-electron chi connectivity index (χ1n) is 6.71. The summed E-state index contributed by atoms with van der Waals surface area (Å²) in [5, 5.41) is 21.1. The lowest BCUT2D eigenvalue weighted by Crippen LogP contribution is -2.49. The normalized spacial score (nSPS) is 16.0. The highest BCUT2D eigenvalue weighted by Crippen LogP contribution is 2.55. The third kappa shape index (κ3) is 1.83. The molecule has 108 valence electrons. The van der Waals surface area contributed by atoms with E-state index in [0.717, 1.165) is 9.79 Å². The van der Waals surface area contributed by atoms with E-state index in [1.165, 1.54) is 0 Å². The smallest absolute Gasteiger partial charge is 0.312 e. The van der Waals surface area contributed by atoms with Crippen molar-refractivity contribution in [3.63, 3.8) is 0 Å². The summed E-state index contributed by atoms with van der Waals surface area (Å²) in [7, 11) is 0. The van der Waals surface area contributed by atoms with E-state index in [2.05, 4.69) is 0 Å². The number of carboxylic acid groups (broad SMARTS) is 1. The fraction of sp³-hybridized carbons (Fsp3) is 0.235. The topological polar surface area (TPSA) is 57.5 Å². The predicted molar refractivity (Wildman–Crippen MR) is 81.4 cm³/mol. The largest absolute Gasteiger partial charge is 0.481 e. The average molecular weight is 300 g/mol. The van der Waals surface area contributed by atoms with Gasteiger partial charge in [0, 0.05) is 20.9 Å². The molecule has 1 aliphatic rings. The molecule has 21 heavy (non-hydrogen) atoms. The molecule has 3 rings (SSSR count). The van der Waals surface area contributed by atoms with E-state index in [0.29, 0.717) is 11.1 Å². The number of carboxylic acids is 1. The van der Waals surface area contributed by atoms with Gasteiger partial charge in [0.15, 0.2) is 0 Å². The lowest BCUT2D eigenvalue weighted by molar-refractivity contribution is -0.161. The molecule has 0 saturated heterocycles. The van der Waals surface area contributed by atoms with Crippen molar-refractivity contribution in [1.29, 1.82) is 0 Å². The minimum atomic E-state index is -1.56. The number of hydrogen-bond donors (Lipinski definition) is 2. The molecule has 2 aromatic carbocycles. The standard InChI is InChI=1S/C17H16O3S/c1-16(2,15(18)19)17(20)11-7-3-5-9-13(11)21-14-10-6-4-8-12(14)17/h3-10,20H,1-2H3,(H,18,19). The average Bonchev–Trinajstić information content (AvgIpc) is 2.47. The summed E-state index contributed by atoms with van der Waals surface area (Å²) in [6.45, 7) is 3.14. The van der Waals surface area contributed by atoms with Crippen molar-refractivity contribution in [3.8, 4) is 0 Å². The van der Waals surface area contributed by atoms with E-state index >= 15 is 0 Å². The zero-order valence-corrected chi connectivity index (χ0v) is 12.6. The van der Waals surface area contributed by atoms with Crippen molar-refractivity contribution in [2.75, 3.05) is 0 Å². The van der Waals surface area contributed by atoms with Gasteiger partial charge in [-0.05, 0) is 26.0 Å². The third-order valence-corrected chi connectivity index (χ3v) is 5.36. The van der Waals surface area contributed by atoms with E-state index < -0.39 is 17.0 Å². The van der Waals surface area contributed by atoms with Crippen LogP contribution in [0.4, 0.5) is 0 Å². The third-order valence-electron chi connectivity index (χ3n) is 4.21. The Morgan fingerprint density at radius 3 is 1.86 bits per heavy atom. The second kappa shape index (κ2) is 4.61. The molecule has 0 radical (unpaired) electrons. The van der Waals surface area contributed by atoms with Crippen LogP contribution in [-0.2, 0) is 10.4 Å². The molecule has 0 fully saturated rings. The number of aliphatic hydroxyl groups is 1. The van der Waals surface area contributed by atoms with Crippen LogP contribution in [0.25, 0.3) is 0 Å². The summed E-state index contributed by atoms with van der Waals surface area (Å²) >= 11 is 1.56. The first-order chi connectivity index (χ1) is 9.89. The van der Waals surface area contributed by atoms with Crippen LogP contribution >= 0.6 is 11.8 Å². The van der Waals surface area contributed by atoms with Gasteiger partial charge in [-0.1, -0.05) is 48.2 Å². The monoisotopic (exact) mass is 300 g/mol. The second-order valence-electron chi connectivity index (χ2n) is 5.73. The number of rotatable bonds is 2. The first-order valence-corrected chi connectivity index (χ1v) is 7.53. The van der Waals surface area contributed by atoms with Gasteiger partial charge in [-0.25, -0.2) is 0 Å². The maximum absolute atomic E-state index is 11.8. The SMILES string of the molecule is CC(C)(C(=O)O)C1(O)c2ccccc2Sc2ccccc21. The van der Waals surface area contributed by atoms with Crippen molar-refractivity contribution < 1.29 is 15.0 Å². The van der Waals surface area contributed by atoms with Crippen molar-refractivity contribution in [2.24, 2.45) is 5.41 Å². The highest BCUT2D eigenvalue weighted by molar-refractivity contribution is 7.99. The summed E-state index contributed by atoms with van der Waals surface area (Å²) < 4.78 is 0. The Morgan fingerprint density at radius 1 is 1.00 bits per heavy atom. The van der Waals surface area contributed by atoms with Crippen LogP contribution in [0, 0.1) is 5.41 Å². The number of benzene rings is 2. The van der Waals surface area contributed by atoms with Crippen molar-refractivity contribution in [3.05, 3.63) is 59.7 Å². The Bertz CT molecular complexity index is 676. The summed E-state index contributed by atoms with van der Waals surface area (Å²) in [5.41, 5.74) is -1.60. The molecule has 0 aliphatic carbocycles. The van der Waals surface area contributed by atoms with Crippen LogP contribution in [0.2, 0.25) is 0 Å². The van der Waals surface area contributed by atoms with Gasteiger partial charge in [0.1, 0.15) is 5.60 Å². The van der Waals surface area contributed by atoms with Crippen LogP contribution in [0.1, 0.15) is 25.0 Å². The van der Waals surface area contributed by atoms with E-state index in [-0.39, 0.29) is 0 Å². The van der Waals surface area contributed by atoms with Crippen molar-refractivity contribution in [2.45, 2.75) is 29.2 Å². The Kier molecular flexibility index (Phi) is 3.11. The van der Waals surface area contributed by atoms with E-state index in [4.69, 9.17) is 0 Å². The minimum absolute atomic E-state index is 0.654. The molecule has 0 spiro atoms. The van der Waals surface area contributed by atoms with Gasteiger partial charge < -0.3 is 10.2 Å². The van der Waals surface area contributed by atoms with Gasteiger partial charge in [0.25, 0.3) is 0 Å². The summed E-state index contributed by atoms with van der Waals surface area (Å²) in [6, 6.07) is 14.9. The van der Waals surface area contributed by atoms with Crippen LogP contribution in [-0.4, -0.2) is 16.2 Å². The quantitative estimate of drug-likeness (QED) is 0.891. The maximum atomic E-state index is 11.8. The summed E-state index contributed by atoms with van der Waals surface area (Å²) in [4.78, 5) is 13.6. The second-order valence-corrected chi connectivity index (χ2v) is 6.82. The molecule has 0 atom stereocenters. The van der Waals surface area contributed by atoms with Crippen molar-refractivity contribution >= 4 is 17.7 Å². The van der Waals surface area contributed by atoms with E-state index in [1.54, 1.807) is 25.6 Å². The molecule has 0 amide bonds. The molecular weight excluding hydrogens is 284 g/mol. The summed E-state index contributed by atoms with van der Waals surface area (Å²) in [6.07, 6.45) is 0. The van der Waals surface area contributed by atoms with Crippen LogP contribution < -0.4 is 0 Å². The Balaban J connectivity index is 2.36. The lowest BCUT2D eigenvalue weighted by Gasteiger charge is -2.44. The molecule has 2 aromatic rings. The lowest BCUT2D eigenvalue weighted by atomic mass is 9.67. The zero-order chi connectivity index (χ0) is 15.3. The van der Waals surface area contributed by atoms with Gasteiger partial charge in [0.2, 0.25) is 0 Å². The fourth-order valence-electron chi connectivity index (χ4n) is 2.80. The van der Waals surface area contributed by atoms with Gasteiger partial charge in [-0.3, -0.25) is 4.79 Å². The molecule has 2 N–H and O–H groups in total. The maximum Gasteiger partial charge on any atom is 0.312 e. The summed E-state index contributed by atoms with van der Waals surface area (Å²) in [5.74, 6) is -1.03. The predicted octanol–water partition coefficient (Wildman–Crippen LogP) is 3.50. The Hall–Kier alpha value is -1.78. The highest BCUT2D eigenvalue weighted by atomic mass is 32.2. The Labute approximate surface area is 127 Å². The molecule has 0 unspecified atom stereocenters. The molecule has 1 aliphatic heterocycles. The molecule has 0 bridgehead atoms. The minimum Gasteiger partial charge on any atom is -0.481 e. The number of fused-ring (bicyclic) bond motifs is 2. The number of hydrogen-bond acceptors (Lipinski definition) is 3. The van der Waals surface area contributed by atoms with Crippen molar-refractivity contribution in [1.82, 2.24) is 0 Å². The molecule has 1 heterocycles. The molecule has 0 aromatic heterocycles. The van der Waals surface area contributed by atoms with Crippen LogP contribution in [0.15, 0.2) is 58.3 Å². The van der Waals surface area contributed by atoms with Gasteiger partial charge in [0.05, 0.1) is 5.41 Å². The van der Waals surface area contributed by atoms with Crippen LogP contribution in [0.3, 0.4) is 0 Å². The van der Waals surface area contributed by atoms with Gasteiger partial charge in [-0.2, -0.15) is 0 Å². The molecule has 3 nitrogen and oxygen atoms in total. The van der Waals surface area contributed by atoms with Gasteiger partial charge in [-0.15, -0.1) is 0 Å². The molecule has 4 heteroatoms. The molecular formula is C17H16O3S. The first kappa shape index (κ1) is 14.2. The van der Waals surface area contributed by atoms with Gasteiger partial charge >= 0.3 is 5.97 Å². The van der Waals surface area contributed by atoms with E-state index in [1.807, 2.05) is 48.5 Å². The number of aliphatic carboxylic acids is 1. The Morgan fingerprint density at radius 2 is 1.43 bits per heavy atom. The fourth-order valence-corrected chi connectivity index (χ4v) is 3.98. The highest BCUT2D eigenvalue weighted by Gasteiger charge is 2.54. The number of carbonyl (C=O) groups is 1.